The molecule has 1 aromatic carbocycles. The van der Waals surface area contributed by atoms with Crippen LogP contribution >= 0.6 is 0 Å². The highest BCUT2D eigenvalue weighted by Crippen LogP contribution is 2.38. The van der Waals surface area contributed by atoms with Crippen molar-refractivity contribution in [3.8, 4) is 0 Å². The Bertz CT molecular complexity index is 377. The molecule has 0 bridgehead atoms. The predicted octanol–water partition coefficient (Wildman–Crippen LogP) is 3.72. The van der Waals surface area contributed by atoms with Crippen LogP contribution in [0.1, 0.15) is 54.8 Å². The SMILES string of the molecule is Cc1ccc2c(c1)C(C1CCCCC1)NC2. The molecular formula is C15H21N. The number of fused-ring (bicyclic) bond motifs is 1. The van der Waals surface area contributed by atoms with Crippen LogP contribution in [0.5, 0.6) is 0 Å². The maximum Gasteiger partial charge on any atom is 0.0354 e. The molecule has 0 spiro atoms. The van der Waals surface area contributed by atoms with Gasteiger partial charge in [-0.3, -0.25) is 0 Å². The second kappa shape index (κ2) is 4.21. The Morgan fingerprint density at radius 1 is 1.12 bits per heavy atom. The molecule has 0 radical (unpaired) electrons. The summed E-state index contributed by atoms with van der Waals surface area (Å²) in [6.45, 7) is 3.29. The molecule has 1 fully saturated rings. The molecule has 16 heavy (non-hydrogen) atoms. The first-order valence-corrected chi connectivity index (χ1v) is 6.67. The third-order valence-electron chi connectivity index (χ3n) is 4.27. The smallest absolute Gasteiger partial charge is 0.0354 e. The lowest BCUT2D eigenvalue weighted by molar-refractivity contribution is 0.282. The third kappa shape index (κ3) is 1.78. The molecule has 1 heterocycles. The van der Waals surface area contributed by atoms with Crippen LogP contribution in [0.2, 0.25) is 0 Å². The number of aryl methyl sites for hydroxylation is 1. The molecule has 0 aromatic heterocycles. The first-order chi connectivity index (χ1) is 7.84. The van der Waals surface area contributed by atoms with Crippen molar-refractivity contribution in [2.75, 3.05) is 0 Å². The number of rotatable bonds is 1. The largest absolute Gasteiger partial charge is 0.306 e. The highest BCUT2D eigenvalue weighted by Gasteiger charge is 2.29. The van der Waals surface area contributed by atoms with Crippen molar-refractivity contribution in [2.24, 2.45) is 5.92 Å². The molecule has 1 aromatic rings. The Morgan fingerprint density at radius 2 is 1.94 bits per heavy atom. The van der Waals surface area contributed by atoms with Crippen molar-refractivity contribution >= 4 is 0 Å². The van der Waals surface area contributed by atoms with Crippen LogP contribution in [-0.4, -0.2) is 0 Å². The van der Waals surface area contributed by atoms with E-state index in [-0.39, 0.29) is 0 Å². The van der Waals surface area contributed by atoms with Crippen molar-refractivity contribution in [3.05, 3.63) is 34.9 Å². The normalized spacial score (nSPS) is 25.7. The lowest BCUT2D eigenvalue weighted by Crippen LogP contribution is -2.23. The van der Waals surface area contributed by atoms with Gasteiger partial charge < -0.3 is 5.32 Å². The number of hydrogen-bond donors (Lipinski definition) is 1. The molecule has 0 saturated heterocycles. The Kier molecular flexibility index (Phi) is 2.72. The summed E-state index contributed by atoms with van der Waals surface area (Å²) >= 11 is 0. The van der Waals surface area contributed by atoms with Gasteiger partial charge in [0.05, 0.1) is 0 Å². The second-order valence-corrected chi connectivity index (χ2v) is 5.46. The highest BCUT2D eigenvalue weighted by atomic mass is 14.9. The van der Waals surface area contributed by atoms with Gasteiger partial charge in [-0.1, -0.05) is 43.0 Å². The molecule has 3 rings (SSSR count). The summed E-state index contributed by atoms with van der Waals surface area (Å²) in [6, 6.07) is 7.59. The zero-order chi connectivity index (χ0) is 11.0. The molecule has 1 aliphatic heterocycles. The van der Waals surface area contributed by atoms with Gasteiger partial charge in [-0.05, 0) is 36.8 Å². The van der Waals surface area contributed by atoms with Crippen molar-refractivity contribution in [3.63, 3.8) is 0 Å². The van der Waals surface area contributed by atoms with Crippen molar-refractivity contribution in [2.45, 2.75) is 51.6 Å². The topological polar surface area (TPSA) is 12.0 Å². The van der Waals surface area contributed by atoms with E-state index in [4.69, 9.17) is 0 Å². The molecular weight excluding hydrogens is 194 g/mol. The number of nitrogens with one attached hydrogen (secondary N) is 1. The fourth-order valence-electron chi connectivity index (χ4n) is 3.38. The van der Waals surface area contributed by atoms with Gasteiger partial charge in [0.15, 0.2) is 0 Å². The first-order valence-electron chi connectivity index (χ1n) is 6.67. The van der Waals surface area contributed by atoms with Gasteiger partial charge in [-0.2, -0.15) is 0 Å². The minimum atomic E-state index is 0.648. The monoisotopic (exact) mass is 215 g/mol. The Labute approximate surface area is 98.3 Å². The van der Waals surface area contributed by atoms with Crippen LogP contribution in [0.25, 0.3) is 0 Å². The van der Waals surface area contributed by atoms with Crippen LogP contribution in [0, 0.1) is 12.8 Å². The van der Waals surface area contributed by atoms with E-state index in [2.05, 4.69) is 30.4 Å². The maximum absolute atomic E-state index is 3.72. The van der Waals surface area contributed by atoms with Crippen molar-refractivity contribution < 1.29 is 0 Å². The minimum absolute atomic E-state index is 0.648. The molecule has 1 heteroatoms. The van der Waals surface area contributed by atoms with E-state index in [0.29, 0.717) is 6.04 Å². The maximum atomic E-state index is 3.72. The number of benzene rings is 1. The standard InChI is InChI=1S/C15H21N/c1-11-7-8-13-10-16-15(14(13)9-11)12-5-3-2-4-6-12/h7-9,12,15-16H,2-6,10H2,1H3. The molecule has 86 valence electrons. The van der Waals surface area contributed by atoms with Gasteiger partial charge in [0.25, 0.3) is 0 Å². The minimum Gasteiger partial charge on any atom is -0.306 e. The van der Waals surface area contributed by atoms with Gasteiger partial charge in [0.1, 0.15) is 0 Å². The van der Waals surface area contributed by atoms with Gasteiger partial charge in [0.2, 0.25) is 0 Å². The van der Waals surface area contributed by atoms with E-state index in [1.165, 1.54) is 43.2 Å². The van der Waals surface area contributed by atoms with E-state index in [1.807, 2.05) is 0 Å². The molecule has 1 nitrogen and oxygen atoms in total. The average molecular weight is 215 g/mol. The molecule has 1 aliphatic carbocycles. The van der Waals surface area contributed by atoms with E-state index >= 15 is 0 Å². The van der Waals surface area contributed by atoms with Crippen LogP contribution in [0.4, 0.5) is 0 Å². The van der Waals surface area contributed by atoms with Crippen LogP contribution in [0.15, 0.2) is 18.2 Å². The summed E-state index contributed by atoms with van der Waals surface area (Å²) in [5, 5.41) is 3.72. The second-order valence-electron chi connectivity index (χ2n) is 5.46. The van der Waals surface area contributed by atoms with Gasteiger partial charge >= 0.3 is 0 Å². The van der Waals surface area contributed by atoms with Gasteiger partial charge in [-0.25, -0.2) is 0 Å². The lowest BCUT2D eigenvalue weighted by Gasteiger charge is -2.28. The summed E-state index contributed by atoms with van der Waals surface area (Å²) in [6.07, 6.45) is 7.16. The Balaban J connectivity index is 1.86. The van der Waals surface area contributed by atoms with E-state index in [1.54, 1.807) is 5.56 Å². The van der Waals surface area contributed by atoms with Gasteiger partial charge in [-0.15, -0.1) is 0 Å². The Morgan fingerprint density at radius 3 is 2.75 bits per heavy atom. The molecule has 1 atom stereocenters. The molecule has 0 amide bonds. The molecule has 1 N–H and O–H groups in total. The third-order valence-corrected chi connectivity index (χ3v) is 4.27. The van der Waals surface area contributed by atoms with Crippen LogP contribution in [-0.2, 0) is 6.54 Å². The van der Waals surface area contributed by atoms with Crippen LogP contribution in [0.3, 0.4) is 0 Å². The average Bonchev–Trinajstić information content (AvgIpc) is 2.73. The van der Waals surface area contributed by atoms with Gasteiger partial charge in [0, 0.05) is 12.6 Å². The fourth-order valence-corrected chi connectivity index (χ4v) is 3.38. The number of hydrogen-bond acceptors (Lipinski definition) is 1. The molecule has 1 unspecified atom stereocenters. The summed E-state index contributed by atoms with van der Waals surface area (Å²) in [5.74, 6) is 0.886. The fraction of sp³-hybridized carbons (Fsp3) is 0.600. The highest BCUT2D eigenvalue weighted by molar-refractivity contribution is 5.37. The van der Waals surface area contributed by atoms with E-state index in [0.717, 1.165) is 12.5 Å². The molecule has 1 saturated carbocycles. The first kappa shape index (κ1) is 10.3. The summed E-state index contributed by atoms with van der Waals surface area (Å²) in [5.41, 5.74) is 4.52. The zero-order valence-corrected chi connectivity index (χ0v) is 10.1. The predicted molar refractivity (Wildman–Crippen MR) is 67.3 cm³/mol. The zero-order valence-electron chi connectivity index (χ0n) is 10.1. The summed E-state index contributed by atoms with van der Waals surface area (Å²) in [7, 11) is 0. The lowest BCUT2D eigenvalue weighted by atomic mass is 9.81. The Hall–Kier alpha value is -0.820. The van der Waals surface area contributed by atoms with Crippen molar-refractivity contribution in [1.29, 1.82) is 0 Å². The van der Waals surface area contributed by atoms with E-state index in [9.17, 15) is 0 Å². The van der Waals surface area contributed by atoms with Crippen LogP contribution < -0.4 is 5.32 Å². The quantitative estimate of drug-likeness (QED) is 0.753. The summed E-state index contributed by atoms with van der Waals surface area (Å²) < 4.78 is 0. The van der Waals surface area contributed by atoms with E-state index < -0.39 is 0 Å². The van der Waals surface area contributed by atoms with Crippen molar-refractivity contribution in [1.82, 2.24) is 5.32 Å². The molecule has 2 aliphatic rings. The summed E-state index contributed by atoms with van der Waals surface area (Å²) in [4.78, 5) is 0.